The topological polar surface area (TPSA) is 98.7 Å². The van der Waals surface area contributed by atoms with Crippen molar-refractivity contribution in [1.82, 2.24) is 19.7 Å². The van der Waals surface area contributed by atoms with E-state index in [1.807, 2.05) is 20.8 Å². The second-order valence-electron chi connectivity index (χ2n) is 3.77. The minimum Gasteiger partial charge on any atom is -0.364 e. The molecule has 0 radical (unpaired) electrons. The second kappa shape index (κ2) is 7.22. The average Bonchev–Trinajstić information content (AvgIpc) is 2.86. The van der Waals surface area contributed by atoms with E-state index in [9.17, 15) is 4.79 Å². The number of nitrogens with one attached hydrogen (secondary N) is 1. The fourth-order valence-corrected chi connectivity index (χ4v) is 1.49. The summed E-state index contributed by atoms with van der Waals surface area (Å²) < 4.78 is 1.65. The molecule has 20 heavy (non-hydrogen) atoms. The third-order valence-electron chi connectivity index (χ3n) is 2.36. The van der Waals surface area contributed by atoms with Gasteiger partial charge in [-0.15, -0.1) is 0 Å². The molecule has 0 unspecified atom stereocenters. The molecule has 0 atom stereocenters. The molecule has 2 aromatic rings. The van der Waals surface area contributed by atoms with Gasteiger partial charge in [0.1, 0.15) is 5.82 Å². The Morgan fingerprint density at radius 2 is 2.15 bits per heavy atom. The van der Waals surface area contributed by atoms with Crippen LogP contribution < -0.4 is 11.1 Å². The van der Waals surface area contributed by atoms with Gasteiger partial charge in [0.2, 0.25) is 0 Å². The highest BCUT2D eigenvalue weighted by atomic mass is 16.1. The van der Waals surface area contributed by atoms with Crippen LogP contribution in [0.3, 0.4) is 0 Å². The number of amides is 1. The van der Waals surface area contributed by atoms with Crippen molar-refractivity contribution in [2.75, 3.05) is 5.32 Å². The lowest BCUT2D eigenvalue weighted by Crippen LogP contribution is -2.17. The van der Waals surface area contributed by atoms with Crippen LogP contribution in [0.4, 0.5) is 11.5 Å². The third kappa shape index (κ3) is 3.78. The van der Waals surface area contributed by atoms with Crippen LogP contribution in [-0.2, 0) is 13.5 Å². The maximum Gasteiger partial charge on any atom is 0.269 e. The van der Waals surface area contributed by atoms with E-state index in [4.69, 9.17) is 5.73 Å². The van der Waals surface area contributed by atoms with Crippen LogP contribution in [0.1, 0.15) is 37.1 Å². The molecule has 0 bridgehead atoms. The van der Waals surface area contributed by atoms with Crippen LogP contribution in [0.25, 0.3) is 0 Å². The monoisotopic (exact) mass is 276 g/mol. The van der Waals surface area contributed by atoms with E-state index in [2.05, 4.69) is 20.4 Å². The van der Waals surface area contributed by atoms with E-state index in [1.165, 1.54) is 0 Å². The predicted molar refractivity (Wildman–Crippen MR) is 77.8 cm³/mol. The molecule has 2 aromatic heterocycles. The Morgan fingerprint density at radius 3 is 2.65 bits per heavy atom. The molecule has 0 saturated heterocycles. The predicted octanol–water partition coefficient (Wildman–Crippen LogP) is 1.64. The molecule has 2 rings (SSSR count). The Bertz CT molecular complexity index is 578. The summed E-state index contributed by atoms with van der Waals surface area (Å²) in [6.07, 6.45) is 3.97. The van der Waals surface area contributed by atoms with Gasteiger partial charge in [0, 0.05) is 25.7 Å². The zero-order chi connectivity index (χ0) is 15.1. The van der Waals surface area contributed by atoms with Crippen LogP contribution in [0.5, 0.6) is 0 Å². The van der Waals surface area contributed by atoms with Crippen molar-refractivity contribution in [1.29, 1.82) is 0 Å². The molecule has 0 aliphatic rings. The van der Waals surface area contributed by atoms with Crippen molar-refractivity contribution in [3.63, 3.8) is 0 Å². The Labute approximate surface area is 118 Å². The highest BCUT2D eigenvalue weighted by Gasteiger charge is 2.12. The number of nitrogens with two attached hydrogens (primary N) is 1. The smallest absolute Gasteiger partial charge is 0.269 e. The summed E-state index contributed by atoms with van der Waals surface area (Å²) in [5.41, 5.74) is 5.93. The van der Waals surface area contributed by atoms with Crippen molar-refractivity contribution in [3.8, 4) is 0 Å². The number of aryl methyl sites for hydroxylation is 2. The molecule has 0 aromatic carbocycles. The summed E-state index contributed by atoms with van der Waals surface area (Å²) >= 11 is 0. The first kappa shape index (κ1) is 15.6. The highest BCUT2D eigenvalue weighted by molar-refractivity contribution is 5.96. The fourth-order valence-electron chi connectivity index (χ4n) is 1.49. The molecular weight excluding hydrogens is 256 g/mol. The standard InChI is InChI=1S/C11H14N6O.C2H6/c1-3-8-13-6-7(10(15-8)11(12)18)14-9-4-5-17(2)16-9;1-2/h4-6H,3H2,1-2H3,(H2,12,18)(H,14,16);1-2H3. The van der Waals surface area contributed by atoms with Crippen LogP contribution >= 0.6 is 0 Å². The fraction of sp³-hybridized carbons (Fsp3) is 0.385. The third-order valence-corrected chi connectivity index (χ3v) is 2.36. The van der Waals surface area contributed by atoms with Gasteiger partial charge >= 0.3 is 0 Å². The Kier molecular flexibility index (Phi) is 5.64. The largest absolute Gasteiger partial charge is 0.364 e. The molecule has 0 saturated carbocycles. The maximum absolute atomic E-state index is 11.4. The number of carbonyl (C=O) groups is 1. The lowest BCUT2D eigenvalue weighted by Gasteiger charge is -2.07. The molecule has 3 N–H and O–H groups in total. The first-order chi connectivity index (χ1) is 9.60. The highest BCUT2D eigenvalue weighted by Crippen LogP contribution is 2.17. The van der Waals surface area contributed by atoms with Crippen molar-refractivity contribution >= 4 is 17.4 Å². The molecular formula is C13H20N6O. The van der Waals surface area contributed by atoms with E-state index in [0.717, 1.165) is 0 Å². The van der Waals surface area contributed by atoms with E-state index in [0.29, 0.717) is 23.8 Å². The zero-order valence-corrected chi connectivity index (χ0v) is 12.2. The van der Waals surface area contributed by atoms with Crippen LogP contribution in [0.2, 0.25) is 0 Å². The number of anilines is 2. The molecule has 0 aliphatic carbocycles. The first-order valence-electron chi connectivity index (χ1n) is 6.52. The van der Waals surface area contributed by atoms with Crippen LogP contribution in [0, 0.1) is 0 Å². The van der Waals surface area contributed by atoms with Gasteiger partial charge in [-0.1, -0.05) is 20.8 Å². The van der Waals surface area contributed by atoms with Gasteiger partial charge < -0.3 is 11.1 Å². The molecule has 0 aliphatic heterocycles. The number of aromatic nitrogens is 4. The minimum atomic E-state index is -0.592. The SMILES string of the molecule is CC.CCc1ncc(Nc2ccn(C)n2)c(C(N)=O)n1. The van der Waals surface area contributed by atoms with Crippen molar-refractivity contribution in [2.24, 2.45) is 12.8 Å². The minimum absolute atomic E-state index is 0.174. The number of carbonyl (C=O) groups excluding carboxylic acids is 1. The van der Waals surface area contributed by atoms with Gasteiger partial charge in [0.25, 0.3) is 5.91 Å². The summed E-state index contributed by atoms with van der Waals surface area (Å²) in [4.78, 5) is 19.6. The summed E-state index contributed by atoms with van der Waals surface area (Å²) in [6.45, 7) is 5.91. The number of primary amides is 1. The molecule has 2 heterocycles. The summed E-state index contributed by atoms with van der Waals surface area (Å²) in [7, 11) is 1.80. The summed E-state index contributed by atoms with van der Waals surface area (Å²) in [5.74, 6) is 0.591. The van der Waals surface area contributed by atoms with Gasteiger partial charge in [-0.25, -0.2) is 9.97 Å². The lowest BCUT2D eigenvalue weighted by molar-refractivity contribution is 0.0996. The van der Waals surface area contributed by atoms with Crippen LogP contribution in [0.15, 0.2) is 18.5 Å². The van der Waals surface area contributed by atoms with Gasteiger partial charge in [-0.2, -0.15) is 5.10 Å². The van der Waals surface area contributed by atoms with E-state index >= 15 is 0 Å². The Morgan fingerprint density at radius 1 is 1.45 bits per heavy atom. The molecule has 108 valence electrons. The molecule has 7 nitrogen and oxygen atoms in total. The summed E-state index contributed by atoms with van der Waals surface area (Å²) in [6, 6.07) is 1.78. The van der Waals surface area contributed by atoms with E-state index in [1.54, 1.807) is 30.2 Å². The molecule has 0 spiro atoms. The summed E-state index contributed by atoms with van der Waals surface area (Å²) in [5, 5.41) is 7.12. The van der Waals surface area contributed by atoms with Gasteiger partial charge in [-0.05, 0) is 0 Å². The van der Waals surface area contributed by atoms with Gasteiger partial charge in [0.05, 0.1) is 11.9 Å². The van der Waals surface area contributed by atoms with Gasteiger partial charge in [-0.3, -0.25) is 9.48 Å². The first-order valence-corrected chi connectivity index (χ1v) is 6.52. The number of hydrogen-bond donors (Lipinski definition) is 2. The average molecular weight is 276 g/mol. The molecule has 1 amide bonds. The Balaban J connectivity index is 0.000000956. The van der Waals surface area contributed by atoms with Crippen molar-refractivity contribution < 1.29 is 4.79 Å². The normalized spacial score (nSPS) is 9.60. The lowest BCUT2D eigenvalue weighted by atomic mass is 10.3. The number of hydrogen-bond acceptors (Lipinski definition) is 5. The maximum atomic E-state index is 11.4. The zero-order valence-electron chi connectivity index (χ0n) is 12.2. The van der Waals surface area contributed by atoms with Crippen molar-refractivity contribution in [2.45, 2.75) is 27.2 Å². The molecule has 7 heteroatoms. The molecule has 0 fully saturated rings. The van der Waals surface area contributed by atoms with Crippen LogP contribution in [-0.4, -0.2) is 25.7 Å². The van der Waals surface area contributed by atoms with Gasteiger partial charge in [0.15, 0.2) is 11.5 Å². The number of nitrogens with zero attached hydrogens (tertiary/aromatic N) is 4. The quantitative estimate of drug-likeness (QED) is 0.884. The van der Waals surface area contributed by atoms with E-state index < -0.39 is 5.91 Å². The van der Waals surface area contributed by atoms with E-state index in [-0.39, 0.29) is 5.69 Å². The number of rotatable bonds is 4. The van der Waals surface area contributed by atoms with Crippen molar-refractivity contribution in [3.05, 3.63) is 30.0 Å². The Hall–Kier alpha value is -2.44. The second-order valence-corrected chi connectivity index (χ2v) is 3.77.